The summed E-state index contributed by atoms with van der Waals surface area (Å²) in [6, 6.07) is 19.4. The van der Waals surface area contributed by atoms with Gasteiger partial charge < -0.3 is 15.1 Å². The minimum Gasteiger partial charge on any atom is -0.315 e. The minimum atomic E-state index is -0.00489. The fourth-order valence-electron chi connectivity index (χ4n) is 5.01. The Hall–Kier alpha value is -2.37. The molecule has 1 saturated carbocycles. The lowest BCUT2D eigenvalue weighted by Gasteiger charge is -2.40. The van der Waals surface area contributed by atoms with Crippen LogP contribution >= 0.6 is 0 Å². The highest BCUT2D eigenvalue weighted by Gasteiger charge is 2.30. The number of rotatable bonds is 5. The normalized spacial score (nSPS) is 20.7. The van der Waals surface area contributed by atoms with Gasteiger partial charge in [0.15, 0.2) is 0 Å². The molecule has 5 heteroatoms. The molecular formula is C26H36N4O. The van der Waals surface area contributed by atoms with Gasteiger partial charge in [-0.1, -0.05) is 67.8 Å². The molecule has 0 unspecified atom stereocenters. The van der Waals surface area contributed by atoms with Crippen LogP contribution in [-0.4, -0.2) is 60.5 Å². The second-order valence-electron chi connectivity index (χ2n) is 9.18. The Morgan fingerprint density at radius 1 is 1.00 bits per heavy atom. The summed E-state index contributed by atoms with van der Waals surface area (Å²) in [4.78, 5) is 20.1. The Labute approximate surface area is 187 Å². The molecule has 0 aromatic heterocycles. The molecule has 1 aliphatic heterocycles. The molecule has 1 atom stereocenters. The standard InChI is InChI=1S/C26H36N4O/c1-28-17-18-30(25(20-28)21-11-5-3-6-12-21)26(31)27-24-16-10-9-13-22(24)19-29(2)23-14-7-4-8-15-23/h3,5-6,9-13,16,23,25H,4,7-8,14-15,17-20H2,1-2H3,(H,27,31)/t25-/m1/s1. The van der Waals surface area contributed by atoms with Crippen LogP contribution in [0.1, 0.15) is 49.3 Å². The van der Waals surface area contributed by atoms with Crippen molar-refractivity contribution < 1.29 is 4.79 Å². The number of carbonyl (C=O) groups is 1. The van der Waals surface area contributed by atoms with E-state index in [1.807, 2.05) is 23.1 Å². The Balaban J connectivity index is 1.47. The molecule has 1 heterocycles. The van der Waals surface area contributed by atoms with Gasteiger partial charge in [0.1, 0.15) is 0 Å². The molecule has 1 saturated heterocycles. The molecule has 0 spiro atoms. The van der Waals surface area contributed by atoms with Crippen molar-refractivity contribution in [3.63, 3.8) is 0 Å². The average Bonchev–Trinajstić information content (AvgIpc) is 2.81. The Bertz CT molecular complexity index is 849. The monoisotopic (exact) mass is 420 g/mol. The zero-order chi connectivity index (χ0) is 21.6. The van der Waals surface area contributed by atoms with Gasteiger partial charge in [0.25, 0.3) is 0 Å². The van der Waals surface area contributed by atoms with Gasteiger partial charge in [-0.25, -0.2) is 4.79 Å². The third kappa shape index (κ3) is 5.46. The number of hydrogen-bond acceptors (Lipinski definition) is 3. The molecule has 2 aliphatic rings. The summed E-state index contributed by atoms with van der Waals surface area (Å²) in [6.45, 7) is 3.34. The summed E-state index contributed by atoms with van der Waals surface area (Å²) in [5, 5.41) is 3.24. The van der Waals surface area contributed by atoms with E-state index in [-0.39, 0.29) is 12.1 Å². The predicted molar refractivity (Wildman–Crippen MR) is 127 cm³/mol. The van der Waals surface area contributed by atoms with E-state index in [2.05, 4.69) is 65.6 Å². The fourth-order valence-corrected chi connectivity index (χ4v) is 5.01. The highest BCUT2D eigenvalue weighted by atomic mass is 16.2. The number of para-hydroxylation sites is 1. The van der Waals surface area contributed by atoms with E-state index in [4.69, 9.17) is 0 Å². The zero-order valence-corrected chi connectivity index (χ0v) is 19.0. The van der Waals surface area contributed by atoms with Crippen molar-refractivity contribution >= 4 is 11.7 Å². The van der Waals surface area contributed by atoms with Gasteiger partial charge in [-0.2, -0.15) is 0 Å². The molecule has 31 heavy (non-hydrogen) atoms. The highest BCUT2D eigenvalue weighted by molar-refractivity contribution is 5.90. The predicted octanol–water partition coefficient (Wildman–Crippen LogP) is 4.97. The maximum atomic E-state index is 13.4. The molecule has 166 valence electrons. The van der Waals surface area contributed by atoms with E-state index in [9.17, 15) is 4.79 Å². The number of urea groups is 1. The van der Waals surface area contributed by atoms with Gasteiger partial charge in [0.05, 0.1) is 6.04 Å². The summed E-state index contributed by atoms with van der Waals surface area (Å²) in [5.41, 5.74) is 3.31. The number of nitrogens with one attached hydrogen (secondary N) is 1. The molecule has 5 nitrogen and oxygen atoms in total. The van der Waals surface area contributed by atoms with Crippen molar-refractivity contribution in [2.75, 3.05) is 39.0 Å². The molecule has 2 fully saturated rings. The number of nitrogens with zero attached hydrogens (tertiary/aromatic N) is 3. The maximum absolute atomic E-state index is 13.4. The summed E-state index contributed by atoms with van der Waals surface area (Å²) in [5.74, 6) is 0. The lowest BCUT2D eigenvalue weighted by Crippen LogP contribution is -2.50. The van der Waals surface area contributed by atoms with Crippen LogP contribution in [0.3, 0.4) is 0 Å². The smallest absolute Gasteiger partial charge is 0.315 e. The largest absolute Gasteiger partial charge is 0.322 e. The first kappa shape index (κ1) is 21.8. The molecule has 1 N–H and O–H groups in total. The van der Waals surface area contributed by atoms with E-state index in [1.54, 1.807) is 0 Å². The summed E-state index contributed by atoms with van der Waals surface area (Å²) < 4.78 is 0. The van der Waals surface area contributed by atoms with Crippen LogP contribution in [0.5, 0.6) is 0 Å². The van der Waals surface area contributed by atoms with Gasteiger partial charge in [0, 0.05) is 37.9 Å². The number of piperazine rings is 1. The number of benzene rings is 2. The number of amides is 2. The molecule has 0 bridgehead atoms. The number of anilines is 1. The molecule has 4 rings (SSSR count). The van der Waals surface area contributed by atoms with Gasteiger partial charge in [-0.3, -0.25) is 4.90 Å². The van der Waals surface area contributed by atoms with Crippen LogP contribution in [-0.2, 0) is 6.54 Å². The lowest BCUT2D eigenvalue weighted by atomic mass is 9.94. The number of likely N-dealkylation sites (N-methyl/N-ethyl adjacent to an activating group) is 1. The van der Waals surface area contributed by atoms with E-state index in [1.165, 1.54) is 43.2 Å². The Kier molecular flexibility index (Phi) is 7.25. The van der Waals surface area contributed by atoms with Crippen LogP contribution in [0.4, 0.5) is 10.5 Å². The van der Waals surface area contributed by atoms with E-state index in [0.29, 0.717) is 6.04 Å². The van der Waals surface area contributed by atoms with Crippen molar-refractivity contribution in [1.29, 1.82) is 0 Å². The second kappa shape index (κ2) is 10.3. The lowest BCUT2D eigenvalue weighted by molar-refractivity contribution is 0.116. The number of carbonyl (C=O) groups excluding carboxylic acids is 1. The molecule has 2 aromatic carbocycles. The molecule has 0 radical (unpaired) electrons. The van der Waals surface area contributed by atoms with Crippen molar-refractivity contribution in [2.24, 2.45) is 0 Å². The maximum Gasteiger partial charge on any atom is 0.322 e. The summed E-state index contributed by atoms with van der Waals surface area (Å²) in [6.07, 6.45) is 6.59. The van der Waals surface area contributed by atoms with E-state index < -0.39 is 0 Å². The average molecular weight is 421 g/mol. The first-order valence-electron chi connectivity index (χ1n) is 11.7. The van der Waals surface area contributed by atoms with Crippen LogP contribution in [0.25, 0.3) is 0 Å². The van der Waals surface area contributed by atoms with Gasteiger partial charge in [-0.15, -0.1) is 0 Å². The third-order valence-electron chi connectivity index (χ3n) is 6.91. The zero-order valence-electron chi connectivity index (χ0n) is 19.0. The Morgan fingerprint density at radius 3 is 2.48 bits per heavy atom. The van der Waals surface area contributed by atoms with Gasteiger partial charge >= 0.3 is 6.03 Å². The van der Waals surface area contributed by atoms with Crippen molar-refractivity contribution in [3.8, 4) is 0 Å². The minimum absolute atomic E-state index is 0.00489. The topological polar surface area (TPSA) is 38.8 Å². The van der Waals surface area contributed by atoms with E-state index >= 15 is 0 Å². The molecule has 1 aliphatic carbocycles. The SMILES string of the molecule is CN1CCN(C(=O)Nc2ccccc2CN(C)C2CCCCC2)[C@@H](c2ccccc2)C1. The van der Waals surface area contributed by atoms with Crippen molar-refractivity contribution in [2.45, 2.75) is 50.7 Å². The number of hydrogen-bond donors (Lipinski definition) is 1. The molecular weight excluding hydrogens is 384 g/mol. The third-order valence-corrected chi connectivity index (χ3v) is 6.91. The van der Waals surface area contributed by atoms with E-state index in [0.717, 1.165) is 31.9 Å². The van der Waals surface area contributed by atoms with Gasteiger partial charge in [-0.05, 0) is 44.1 Å². The van der Waals surface area contributed by atoms with Crippen molar-refractivity contribution in [3.05, 3.63) is 65.7 Å². The van der Waals surface area contributed by atoms with Crippen molar-refractivity contribution in [1.82, 2.24) is 14.7 Å². The van der Waals surface area contributed by atoms with Gasteiger partial charge in [0.2, 0.25) is 0 Å². The molecule has 2 amide bonds. The fraction of sp³-hybridized carbons (Fsp3) is 0.500. The quantitative estimate of drug-likeness (QED) is 0.742. The summed E-state index contributed by atoms with van der Waals surface area (Å²) in [7, 11) is 4.35. The second-order valence-corrected chi connectivity index (χ2v) is 9.18. The van der Waals surface area contributed by atoms with Crippen LogP contribution in [0, 0.1) is 0 Å². The van der Waals surface area contributed by atoms with Crippen LogP contribution < -0.4 is 5.32 Å². The first-order chi connectivity index (χ1) is 15.1. The highest BCUT2D eigenvalue weighted by Crippen LogP contribution is 2.28. The van der Waals surface area contributed by atoms with Crippen LogP contribution in [0.2, 0.25) is 0 Å². The van der Waals surface area contributed by atoms with Crippen LogP contribution in [0.15, 0.2) is 54.6 Å². The Morgan fingerprint density at radius 2 is 1.71 bits per heavy atom. The first-order valence-corrected chi connectivity index (χ1v) is 11.7. The summed E-state index contributed by atoms with van der Waals surface area (Å²) >= 11 is 0. The molecule has 2 aromatic rings.